The number of carbonyl (C=O) groups is 4. The minimum Gasteiger partial charge on any atom is -0.481 e. The van der Waals surface area contributed by atoms with Crippen LogP contribution in [-0.4, -0.2) is 33.8 Å². The molecular formula is C30H39NO6S. The Bertz CT molecular complexity index is 1050. The van der Waals surface area contributed by atoms with Crippen molar-refractivity contribution >= 4 is 41.1 Å². The Morgan fingerprint density at radius 3 is 2.16 bits per heavy atom. The van der Waals surface area contributed by atoms with Gasteiger partial charge in [0.15, 0.2) is 5.78 Å². The quantitative estimate of drug-likeness (QED) is 0.0990. The normalized spacial score (nSPS) is 11.6. The zero-order chi connectivity index (χ0) is 27.8. The first-order valence-electron chi connectivity index (χ1n) is 13.4. The summed E-state index contributed by atoms with van der Waals surface area (Å²) in [6.45, 7) is 2.22. The van der Waals surface area contributed by atoms with Crippen molar-refractivity contribution in [2.45, 2.75) is 94.1 Å². The predicted molar refractivity (Wildman–Crippen MR) is 151 cm³/mol. The number of aliphatic carboxylic acids is 2. The molecule has 0 spiro atoms. The first kappa shape index (κ1) is 31.1. The van der Waals surface area contributed by atoms with Crippen LogP contribution in [0.4, 0.5) is 5.69 Å². The number of thioether (sulfide) groups is 1. The highest BCUT2D eigenvalue weighted by Gasteiger charge is 2.22. The fourth-order valence-electron chi connectivity index (χ4n) is 4.14. The van der Waals surface area contributed by atoms with Gasteiger partial charge in [0, 0.05) is 23.4 Å². The van der Waals surface area contributed by atoms with Gasteiger partial charge in [-0.15, -0.1) is 11.8 Å². The molecule has 3 N–H and O–H groups in total. The number of carboxylic acids is 2. The summed E-state index contributed by atoms with van der Waals surface area (Å²) in [4.78, 5) is 47.5. The molecule has 0 bridgehead atoms. The third-order valence-electron chi connectivity index (χ3n) is 6.14. The standard InChI is InChI=1S/C30H39NO6S/c1-2-3-4-5-6-7-8-11-22-16-18-23(19-17-22)30(26(32)14-10-15-28(34)35)38-25-13-9-12-24(20-25)31-27(33)21-29(36)37/h9,12-13,16-20,30H,2-8,10-11,14-15,21H2,1H3,(H,31,33)(H,34,35)(H,36,37). The number of benzene rings is 2. The van der Waals surface area contributed by atoms with Gasteiger partial charge < -0.3 is 15.5 Å². The molecule has 1 amide bonds. The molecule has 0 aromatic heterocycles. The number of rotatable bonds is 19. The lowest BCUT2D eigenvalue weighted by atomic mass is 10.00. The fraction of sp³-hybridized carbons (Fsp3) is 0.467. The van der Waals surface area contributed by atoms with Crippen LogP contribution in [0.5, 0.6) is 0 Å². The van der Waals surface area contributed by atoms with Crippen LogP contribution in [0.15, 0.2) is 53.4 Å². The Hall–Kier alpha value is -3.13. The number of unbranched alkanes of at least 4 members (excludes halogenated alkanes) is 6. The summed E-state index contributed by atoms with van der Waals surface area (Å²) in [6, 6.07) is 15.0. The van der Waals surface area contributed by atoms with Crippen LogP contribution in [0.25, 0.3) is 0 Å². The highest BCUT2D eigenvalue weighted by atomic mass is 32.2. The van der Waals surface area contributed by atoms with Crippen LogP contribution >= 0.6 is 11.8 Å². The second kappa shape index (κ2) is 17.4. The number of aryl methyl sites for hydroxylation is 1. The van der Waals surface area contributed by atoms with Crippen LogP contribution in [0.1, 0.15) is 93.9 Å². The zero-order valence-electron chi connectivity index (χ0n) is 22.1. The third kappa shape index (κ3) is 12.4. The summed E-state index contributed by atoms with van der Waals surface area (Å²) in [6.07, 6.45) is 9.49. The number of nitrogens with one attached hydrogen (secondary N) is 1. The molecule has 0 saturated carbocycles. The monoisotopic (exact) mass is 541 g/mol. The summed E-state index contributed by atoms with van der Waals surface area (Å²) < 4.78 is 0. The van der Waals surface area contributed by atoms with Gasteiger partial charge in [0.25, 0.3) is 0 Å². The molecule has 7 nitrogen and oxygen atoms in total. The van der Waals surface area contributed by atoms with Crippen molar-refractivity contribution in [1.82, 2.24) is 0 Å². The maximum Gasteiger partial charge on any atom is 0.312 e. The lowest BCUT2D eigenvalue weighted by Crippen LogP contribution is -2.15. The van der Waals surface area contributed by atoms with Crippen molar-refractivity contribution in [1.29, 1.82) is 0 Å². The number of hydrogen-bond acceptors (Lipinski definition) is 5. The number of ketones is 1. The fourth-order valence-corrected chi connectivity index (χ4v) is 5.30. The van der Waals surface area contributed by atoms with E-state index in [1.54, 1.807) is 18.2 Å². The highest BCUT2D eigenvalue weighted by Crippen LogP contribution is 2.38. The number of carboxylic acid groups (broad SMARTS) is 2. The Balaban J connectivity index is 2.07. The first-order valence-corrected chi connectivity index (χ1v) is 14.3. The lowest BCUT2D eigenvalue weighted by Gasteiger charge is -2.17. The van der Waals surface area contributed by atoms with E-state index in [9.17, 15) is 19.2 Å². The van der Waals surface area contributed by atoms with Crippen LogP contribution in [-0.2, 0) is 25.6 Å². The average Bonchev–Trinajstić information content (AvgIpc) is 2.86. The van der Waals surface area contributed by atoms with Crippen LogP contribution in [0.2, 0.25) is 0 Å². The van der Waals surface area contributed by atoms with Crippen LogP contribution < -0.4 is 5.32 Å². The molecule has 8 heteroatoms. The van der Waals surface area contributed by atoms with Crippen LogP contribution in [0.3, 0.4) is 0 Å². The van der Waals surface area contributed by atoms with E-state index in [1.165, 1.54) is 55.9 Å². The second-order valence-corrected chi connectivity index (χ2v) is 10.6. The Labute approximate surface area is 229 Å². The zero-order valence-corrected chi connectivity index (χ0v) is 22.9. The maximum absolute atomic E-state index is 13.2. The topological polar surface area (TPSA) is 121 Å². The maximum atomic E-state index is 13.2. The Kier molecular flexibility index (Phi) is 14.2. The molecule has 38 heavy (non-hydrogen) atoms. The predicted octanol–water partition coefficient (Wildman–Crippen LogP) is 7.05. The molecule has 2 rings (SSSR count). The van der Waals surface area contributed by atoms with Gasteiger partial charge in [0.05, 0.1) is 5.25 Å². The minimum absolute atomic E-state index is 0.0589. The van der Waals surface area contributed by atoms with Gasteiger partial charge in [0.1, 0.15) is 6.42 Å². The molecule has 0 radical (unpaired) electrons. The molecule has 0 fully saturated rings. The van der Waals surface area contributed by atoms with Gasteiger partial charge in [0.2, 0.25) is 5.91 Å². The van der Waals surface area contributed by atoms with Gasteiger partial charge in [-0.25, -0.2) is 0 Å². The van der Waals surface area contributed by atoms with Gasteiger partial charge >= 0.3 is 11.9 Å². The van der Waals surface area contributed by atoms with Gasteiger partial charge in [-0.1, -0.05) is 75.8 Å². The third-order valence-corrected chi connectivity index (χ3v) is 7.44. The summed E-state index contributed by atoms with van der Waals surface area (Å²) in [5.41, 5.74) is 2.52. The second-order valence-electron chi connectivity index (χ2n) is 9.47. The lowest BCUT2D eigenvalue weighted by molar-refractivity contribution is -0.140. The molecule has 1 atom stereocenters. The molecule has 0 aliphatic rings. The van der Waals surface area contributed by atoms with Gasteiger partial charge in [-0.05, 0) is 48.6 Å². The number of carbonyl (C=O) groups excluding carboxylic acids is 2. The number of hydrogen-bond donors (Lipinski definition) is 3. The van der Waals surface area contributed by atoms with E-state index >= 15 is 0 Å². The van der Waals surface area contributed by atoms with Crippen molar-refractivity contribution in [2.24, 2.45) is 0 Å². The van der Waals surface area contributed by atoms with Crippen molar-refractivity contribution in [3.63, 3.8) is 0 Å². The van der Waals surface area contributed by atoms with Gasteiger partial charge in [-0.3, -0.25) is 19.2 Å². The van der Waals surface area contributed by atoms with E-state index in [0.717, 1.165) is 23.3 Å². The molecule has 0 aliphatic heterocycles. The molecule has 0 saturated heterocycles. The summed E-state index contributed by atoms with van der Waals surface area (Å²) in [7, 11) is 0. The average molecular weight is 542 g/mol. The molecule has 2 aromatic carbocycles. The first-order chi connectivity index (χ1) is 18.3. The van der Waals surface area contributed by atoms with Crippen molar-refractivity contribution in [3.05, 3.63) is 59.7 Å². The molecule has 0 aliphatic carbocycles. The van der Waals surface area contributed by atoms with E-state index in [2.05, 4.69) is 24.4 Å². The number of anilines is 1. The molecule has 0 heterocycles. The van der Waals surface area contributed by atoms with Crippen molar-refractivity contribution in [3.8, 4) is 0 Å². The van der Waals surface area contributed by atoms with E-state index in [0.29, 0.717) is 5.69 Å². The van der Waals surface area contributed by atoms with Crippen molar-refractivity contribution < 1.29 is 29.4 Å². The molecule has 1 unspecified atom stereocenters. The van der Waals surface area contributed by atoms with E-state index in [4.69, 9.17) is 10.2 Å². The van der Waals surface area contributed by atoms with Crippen molar-refractivity contribution in [2.75, 3.05) is 5.32 Å². The smallest absolute Gasteiger partial charge is 0.312 e. The SMILES string of the molecule is CCCCCCCCCc1ccc(C(Sc2cccc(NC(=O)CC(=O)O)c2)C(=O)CCCC(=O)O)cc1. The largest absolute Gasteiger partial charge is 0.481 e. The molecular weight excluding hydrogens is 502 g/mol. The Morgan fingerprint density at radius 1 is 0.816 bits per heavy atom. The summed E-state index contributed by atoms with van der Waals surface area (Å²) in [5, 5.41) is 19.8. The minimum atomic E-state index is -1.21. The van der Waals surface area contributed by atoms with E-state index in [-0.39, 0.29) is 25.0 Å². The van der Waals surface area contributed by atoms with Gasteiger partial charge in [-0.2, -0.15) is 0 Å². The summed E-state index contributed by atoms with van der Waals surface area (Å²) in [5.74, 6) is -2.83. The molecule has 206 valence electrons. The van der Waals surface area contributed by atoms with E-state index in [1.807, 2.05) is 18.2 Å². The Morgan fingerprint density at radius 2 is 1.50 bits per heavy atom. The summed E-state index contributed by atoms with van der Waals surface area (Å²) >= 11 is 1.34. The highest BCUT2D eigenvalue weighted by molar-refractivity contribution is 8.00. The molecule has 2 aromatic rings. The number of amides is 1. The number of Topliss-reactive ketones (excluding diaryl/α,β-unsaturated/α-hetero) is 1. The van der Waals surface area contributed by atoms with E-state index < -0.39 is 29.5 Å². The van der Waals surface area contributed by atoms with Crippen LogP contribution in [0, 0.1) is 0 Å².